The Bertz CT molecular complexity index is 995. The van der Waals surface area contributed by atoms with Gasteiger partial charge in [-0.15, -0.1) is 12.4 Å². The fourth-order valence-electron chi connectivity index (χ4n) is 4.30. The van der Waals surface area contributed by atoms with Crippen molar-refractivity contribution in [3.05, 3.63) is 71.3 Å². The van der Waals surface area contributed by atoms with Gasteiger partial charge in [0, 0.05) is 13.0 Å². The monoisotopic (exact) mass is 414 g/mol. The molecule has 2 N–H and O–H groups in total. The lowest BCUT2D eigenvalue weighted by Crippen LogP contribution is -2.39. The molecular weight excluding hydrogens is 392 g/mol. The largest absolute Gasteiger partial charge is 0.459 e. The zero-order chi connectivity index (χ0) is 19.1. The highest BCUT2D eigenvalue weighted by Gasteiger charge is 2.40. The number of halogens is 1. The predicted octanol–water partition coefficient (Wildman–Crippen LogP) is 3.75. The van der Waals surface area contributed by atoms with E-state index in [0.29, 0.717) is 30.4 Å². The minimum Gasteiger partial charge on any atom is -0.459 e. The normalized spacial score (nSPS) is 20.2. The maximum absolute atomic E-state index is 13.1. The summed E-state index contributed by atoms with van der Waals surface area (Å²) in [5.74, 6) is 1.09. The molecule has 1 amide bonds. The molecule has 2 aromatic heterocycles. The van der Waals surface area contributed by atoms with Gasteiger partial charge in [0.25, 0.3) is 5.91 Å². The third kappa shape index (κ3) is 3.45. The summed E-state index contributed by atoms with van der Waals surface area (Å²) in [6, 6.07) is 11.1. The first-order valence-corrected chi connectivity index (χ1v) is 9.68. The van der Waals surface area contributed by atoms with E-state index in [1.54, 1.807) is 17.0 Å². The maximum Gasteiger partial charge on any atom is 0.290 e. The number of hydrogen-bond acceptors (Lipinski definition) is 6. The van der Waals surface area contributed by atoms with Crippen LogP contribution in [0.25, 0.3) is 0 Å². The minimum atomic E-state index is -0.524. The zero-order valence-corrected chi connectivity index (χ0v) is 16.7. The summed E-state index contributed by atoms with van der Waals surface area (Å²) in [6.45, 7) is 0.464. The van der Waals surface area contributed by atoms with Crippen LogP contribution in [-0.4, -0.2) is 20.9 Å². The van der Waals surface area contributed by atoms with Gasteiger partial charge < -0.3 is 19.6 Å². The van der Waals surface area contributed by atoms with Crippen molar-refractivity contribution in [1.29, 1.82) is 0 Å². The number of carbonyl (C=O) groups excluding carboxylic acids is 1. The molecule has 1 aliphatic heterocycles. The molecule has 152 valence electrons. The molecule has 2 aliphatic rings. The second-order valence-electron chi connectivity index (χ2n) is 7.72. The van der Waals surface area contributed by atoms with Crippen molar-refractivity contribution in [3.8, 4) is 0 Å². The Morgan fingerprint density at radius 1 is 1.14 bits per heavy atom. The lowest BCUT2D eigenvalue weighted by molar-refractivity contribution is 0.0562. The van der Waals surface area contributed by atoms with Gasteiger partial charge in [0.15, 0.2) is 11.6 Å². The van der Waals surface area contributed by atoms with Crippen molar-refractivity contribution in [3.63, 3.8) is 0 Å². The van der Waals surface area contributed by atoms with Crippen LogP contribution in [-0.2, 0) is 18.5 Å². The molecule has 5 rings (SSSR count). The molecule has 1 fully saturated rings. The fourth-order valence-corrected chi connectivity index (χ4v) is 4.30. The van der Waals surface area contributed by atoms with Crippen LogP contribution in [0.2, 0.25) is 0 Å². The molecule has 3 aromatic rings. The molecule has 1 aromatic carbocycles. The molecule has 1 aliphatic carbocycles. The fraction of sp³-hybridized carbons (Fsp3) is 0.381. The molecule has 8 heteroatoms. The Balaban J connectivity index is 0.00000205. The standard InChI is InChI=1S/C21H22N4O3.ClH/c22-21(9-3-4-10-21)20-23-18(28-24-20)16-12-14-6-1-2-7-15(14)13-25(16)19(26)17-8-5-11-27-17;/h1-2,5-8,11,16H,3-4,9-10,12-13,22H2;1H. The molecule has 29 heavy (non-hydrogen) atoms. The Morgan fingerprint density at radius 2 is 1.90 bits per heavy atom. The predicted molar refractivity (Wildman–Crippen MR) is 107 cm³/mol. The van der Waals surface area contributed by atoms with Gasteiger partial charge in [-0.1, -0.05) is 42.3 Å². The van der Waals surface area contributed by atoms with Gasteiger partial charge in [0.1, 0.15) is 6.04 Å². The number of carbonyl (C=O) groups is 1. The molecule has 3 heterocycles. The van der Waals surface area contributed by atoms with Gasteiger partial charge in [0.05, 0.1) is 11.8 Å². The highest BCUT2D eigenvalue weighted by atomic mass is 35.5. The number of nitrogens with zero attached hydrogens (tertiary/aromatic N) is 3. The second kappa shape index (κ2) is 7.65. The van der Waals surface area contributed by atoms with Gasteiger partial charge in [-0.3, -0.25) is 4.79 Å². The number of rotatable bonds is 3. The number of furan rings is 1. The lowest BCUT2D eigenvalue weighted by Gasteiger charge is -2.34. The molecule has 0 radical (unpaired) electrons. The number of benzene rings is 1. The van der Waals surface area contributed by atoms with Crippen molar-refractivity contribution in [2.75, 3.05) is 0 Å². The van der Waals surface area contributed by atoms with Crippen LogP contribution in [0, 0.1) is 0 Å². The molecule has 0 spiro atoms. The first kappa shape index (κ1) is 19.7. The van der Waals surface area contributed by atoms with Crippen molar-refractivity contribution in [1.82, 2.24) is 15.0 Å². The summed E-state index contributed by atoms with van der Waals surface area (Å²) in [7, 11) is 0. The van der Waals surface area contributed by atoms with E-state index >= 15 is 0 Å². The summed E-state index contributed by atoms with van der Waals surface area (Å²) in [4.78, 5) is 19.5. The summed E-state index contributed by atoms with van der Waals surface area (Å²) in [6.07, 6.45) is 5.97. The Labute approximate surface area is 174 Å². The van der Waals surface area contributed by atoms with Crippen LogP contribution < -0.4 is 5.73 Å². The molecule has 0 bridgehead atoms. The first-order chi connectivity index (χ1) is 13.6. The average Bonchev–Trinajstić information content (AvgIpc) is 3.47. The SMILES string of the molecule is Cl.NC1(c2noc(C3Cc4ccccc4CN3C(=O)c3ccco3)n2)CCCC1. The summed E-state index contributed by atoms with van der Waals surface area (Å²) in [5, 5.41) is 4.19. The Hall–Kier alpha value is -2.64. The van der Waals surface area contributed by atoms with Crippen LogP contribution in [0.5, 0.6) is 0 Å². The van der Waals surface area contributed by atoms with E-state index in [0.717, 1.165) is 31.2 Å². The van der Waals surface area contributed by atoms with E-state index < -0.39 is 5.54 Å². The molecule has 1 saturated carbocycles. The van der Waals surface area contributed by atoms with Gasteiger partial charge >= 0.3 is 0 Å². The smallest absolute Gasteiger partial charge is 0.290 e. The van der Waals surface area contributed by atoms with Gasteiger partial charge in [-0.25, -0.2) is 0 Å². The van der Waals surface area contributed by atoms with Crippen LogP contribution in [0.4, 0.5) is 0 Å². The van der Waals surface area contributed by atoms with Crippen molar-refractivity contribution in [2.24, 2.45) is 5.73 Å². The van der Waals surface area contributed by atoms with Gasteiger partial charge in [-0.2, -0.15) is 4.98 Å². The van der Waals surface area contributed by atoms with Gasteiger partial charge in [-0.05, 0) is 36.1 Å². The van der Waals surface area contributed by atoms with E-state index in [4.69, 9.17) is 14.7 Å². The lowest BCUT2D eigenvalue weighted by atomic mass is 9.93. The van der Waals surface area contributed by atoms with Crippen LogP contribution in [0.1, 0.15) is 65.1 Å². The third-order valence-corrected chi connectivity index (χ3v) is 5.91. The van der Waals surface area contributed by atoms with E-state index in [1.807, 2.05) is 18.2 Å². The van der Waals surface area contributed by atoms with Crippen molar-refractivity contribution >= 4 is 18.3 Å². The second-order valence-corrected chi connectivity index (χ2v) is 7.72. The average molecular weight is 415 g/mol. The number of hydrogen-bond donors (Lipinski definition) is 1. The topological polar surface area (TPSA) is 98.4 Å². The van der Waals surface area contributed by atoms with Crippen LogP contribution in [0.3, 0.4) is 0 Å². The van der Waals surface area contributed by atoms with Crippen molar-refractivity contribution in [2.45, 2.75) is 50.2 Å². The quantitative estimate of drug-likeness (QED) is 0.700. The van der Waals surface area contributed by atoms with E-state index in [1.165, 1.54) is 11.8 Å². The first-order valence-electron chi connectivity index (χ1n) is 9.68. The van der Waals surface area contributed by atoms with Crippen molar-refractivity contribution < 1.29 is 13.7 Å². The molecule has 7 nitrogen and oxygen atoms in total. The minimum absolute atomic E-state index is 0. The number of nitrogens with two attached hydrogens (primary N) is 1. The van der Waals surface area contributed by atoms with Gasteiger partial charge in [0.2, 0.25) is 5.89 Å². The summed E-state index contributed by atoms with van der Waals surface area (Å²) >= 11 is 0. The Morgan fingerprint density at radius 3 is 2.62 bits per heavy atom. The van der Waals surface area contributed by atoms with E-state index in [2.05, 4.69) is 16.2 Å². The summed E-state index contributed by atoms with van der Waals surface area (Å²) in [5.41, 5.74) is 8.26. The molecular formula is C21H23ClN4O3. The number of fused-ring (bicyclic) bond motifs is 1. The third-order valence-electron chi connectivity index (χ3n) is 5.91. The summed E-state index contributed by atoms with van der Waals surface area (Å²) < 4.78 is 11.0. The molecule has 1 atom stereocenters. The van der Waals surface area contributed by atoms with E-state index in [9.17, 15) is 4.79 Å². The molecule has 1 unspecified atom stereocenters. The maximum atomic E-state index is 13.1. The highest BCUT2D eigenvalue weighted by molar-refractivity contribution is 5.91. The number of aromatic nitrogens is 2. The Kier molecular flexibility index (Phi) is 5.19. The highest BCUT2D eigenvalue weighted by Crippen LogP contribution is 2.37. The molecule has 0 saturated heterocycles. The zero-order valence-electron chi connectivity index (χ0n) is 15.9. The number of amides is 1. The van der Waals surface area contributed by atoms with Crippen LogP contribution in [0.15, 0.2) is 51.6 Å². The van der Waals surface area contributed by atoms with Crippen LogP contribution >= 0.6 is 12.4 Å². The van der Waals surface area contributed by atoms with E-state index in [-0.39, 0.29) is 24.4 Å².